The zero-order chi connectivity index (χ0) is 17.8. The SMILES string of the molecule is COc1ccc(C(O)C(C)NC(=O)Cc2[nH]nc3ccccc23)cc1. The summed E-state index contributed by atoms with van der Waals surface area (Å²) in [6, 6.07) is 14.3. The summed E-state index contributed by atoms with van der Waals surface area (Å²) in [6.45, 7) is 1.78. The molecule has 0 aliphatic carbocycles. The summed E-state index contributed by atoms with van der Waals surface area (Å²) >= 11 is 0. The number of H-pyrrole nitrogens is 1. The van der Waals surface area contributed by atoms with E-state index in [1.807, 2.05) is 24.3 Å². The minimum Gasteiger partial charge on any atom is -0.497 e. The lowest BCUT2D eigenvalue weighted by Crippen LogP contribution is -2.38. The van der Waals surface area contributed by atoms with Gasteiger partial charge < -0.3 is 15.2 Å². The number of para-hydroxylation sites is 1. The van der Waals surface area contributed by atoms with Crippen LogP contribution in [0.3, 0.4) is 0 Å². The molecule has 3 rings (SSSR count). The molecule has 1 amide bonds. The largest absolute Gasteiger partial charge is 0.497 e. The summed E-state index contributed by atoms with van der Waals surface area (Å²) in [7, 11) is 1.59. The van der Waals surface area contributed by atoms with Gasteiger partial charge in [0.1, 0.15) is 5.75 Å². The molecule has 0 saturated heterocycles. The monoisotopic (exact) mass is 339 g/mol. The Bertz CT molecular complexity index is 858. The summed E-state index contributed by atoms with van der Waals surface area (Å²) in [5.41, 5.74) is 2.32. The number of nitrogens with zero attached hydrogens (tertiary/aromatic N) is 1. The number of carbonyl (C=O) groups excluding carboxylic acids is 1. The van der Waals surface area contributed by atoms with Gasteiger partial charge in [-0.3, -0.25) is 9.89 Å². The minimum atomic E-state index is -0.798. The van der Waals surface area contributed by atoms with E-state index in [9.17, 15) is 9.90 Å². The fraction of sp³-hybridized carbons (Fsp3) is 0.263. The molecule has 130 valence electrons. The standard InChI is InChI=1S/C19H21N3O3/c1-12(19(24)13-7-9-14(25-2)10-8-13)20-18(23)11-17-15-5-3-4-6-16(15)21-22-17/h3-10,12,19,24H,11H2,1-2H3,(H,20,23)(H,21,22). The molecule has 0 fully saturated rings. The number of fused-ring (bicyclic) bond motifs is 1. The van der Waals surface area contributed by atoms with Crippen LogP contribution in [0.25, 0.3) is 10.9 Å². The maximum atomic E-state index is 12.3. The van der Waals surface area contributed by atoms with Crippen molar-refractivity contribution in [2.75, 3.05) is 7.11 Å². The first-order chi connectivity index (χ1) is 12.1. The molecule has 0 aliphatic heterocycles. The molecule has 3 aromatic rings. The van der Waals surface area contributed by atoms with E-state index in [0.717, 1.165) is 27.9 Å². The molecule has 0 spiro atoms. The number of hydrogen-bond donors (Lipinski definition) is 3. The van der Waals surface area contributed by atoms with Gasteiger partial charge >= 0.3 is 0 Å². The van der Waals surface area contributed by atoms with Crippen molar-refractivity contribution in [3.63, 3.8) is 0 Å². The highest BCUT2D eigenvalue weighted by atomic mass is 16.5. The molecule has 25 heavy (non-hydrogen) atoms. The second-order valence-electron chi connectivity index (χ2n) is 5.97. The van der Waals surface area contributed by atoms with Crippen molar-refractivity contribution >= 4 is 16.8 Å². The zero-order valence-corrected chi connectivity index (χ0v) is 14.2. The summed E-state index contributed by atoms with van der Waals surface area (Å²) < 4.78 is 5.11. The van der Waals surface area contributed by atoms with Crippen LogP contribution in [-0.2, 0) is 11.2 Å². The van der Waals surface area contributed by atoms with Gasteiger partial charge in [0, 0.05) is 5.39 Å². The number of benzene rings is 2. The van der Waals surface area contributed by atoms with E-state index in [1.54, 1.807) is 38.3 Å². The van der Waals surface area contributed by atoms with E-state index in [-0.39, 0.29) is 12.3 Å². The lowest BCUT2D eigenvalue weighted by molar-refractivity contribution is -0.121. The highest BCUT2D eigenvalue weighted by molar-refractivity contribution is 5.87. The Balaban J connectivity index is 1.63. The molecule has 0 bridgehead atoms. The number of ether oxygens (including phenoxy) is 1. The Morgan fingerprint density at radius 3 is 2.68 bits per heavy atom. The highest BCUT2D eigenvalue weighted by Crippen LogP contribution is 2.20. The fourth-order valence-electron chi connectivity index (χ4n) is 2.78. The molecule has 0 saturated carbocycles. The molecule has 1 aromatic heterocycles. The number of aromatic nitrogens is 2. The van der Waals surface area contributed by atoms with Crippen LogP contribution in [0, 0.1) is 0 Å². The van der Waals surface area contributed by atoms with Gasteiger partial charge in [-0.25, -0.2) is 0 Å². The molecular weight excluding hydrogens is 318 g/mol. The van der Waals surface area contributed by atoms with Crippen molar-refractivity contribution in [1.82, 2.24) is 15.5 Å². The average molecular weight is 339 g/mol. The number of rotatable bonds is 6. The number of aliphatic hydroxyl groups is 1. The predicted molar refractivity (Wildman–Crippen MR) is 95.4 cm³/mol. The van der Waals surface area contributed by atoms with Crippen molar-refractivity contribution < 1.29 is 14.6 Å². The Hall–Kier alpha value is -2.86. The molecule has 3 N–H and O–H groups in total. The van der Waals surface area contributed by atoms with E-state index in [2.05, 4.69) is 15.5 Å². The van der Waals surface area contributed by atoms with Gasteiger partial charge in [0.15, 0.2) is 0 Å². The predicted octanol–water partition coefficient (Wildman–Crippen LogP) is 2.35. The van der Waals surface area contributed by atoms with Crippen LogP contribution >= 0.6 is 0 Å². The second-order valence-corrected chi connectivity index (χ2v) is 5.97. The van der Waals surface area contributed by atoms with Crippen molar-refractivity contribution in [2.45, 2.75) is 25.5 Å². The van der Waals surface area contributed by atoms with Gasteiger partial charge in [-0.1, -0.05) is 30.3 Å². The van der Waals surface area contributed by atoms with Crippen LogP contribution in [0.15, 0.2) is 48.5 Å². The Morgan fingerprint density at radius 2 is 1.96 bits per heavy atom. The van der Waals surface area contributed by atoms with Crippen molar-refractivity contribution in [1.29, 1.82) is 0 Å². The number of carbonyl (C=O) groups is 1. The maximum Gasteiger partial charge on any atom is 0.226 e. The Morgan fingerprint density at radius 1 is 1.24 bits per heavy atom. The van der Waals surface area contributed by atoms with Crippen molar-refractivity contribution in [3.8, 4) is 5.75 Å². The van der Waals surface area contributed by atoms with Gasteiger partial charge in [0.25, 0.3) is 0 Å². The molecule has 0 aliphatic rings. The Kier molecular flexibility index (Phi) is 5.00. The first kappa shape index (κ1) is 17.0. The molecule has 0 radical (unpaired) electrons. The molecule has 2 unspecified atom stereocenters. The molecule has 6 heteroatoms. The van der Waals surface area contributed by atoms with Crippen LogP contribution in [0.2, 0.25) is 0 Å². The number of aromatic amines is 1. The summed E-state index contributed by atoms with van der Waals surface area (Å²) in [5.74, 6) is 0.549. The third-order valence-corrected chi connectivity index (χ3v) is 4.20. The van der Waals surface area contributed by atoms with Crippen LogP contribution in [0.5, 0.6) is 5.75 Å². The number of hydrogen-bond acceptors (Lipinski definition) is 4. The van der Waals surface area contributed by atoms with Gasteiger partial charge in [0.2, 0.25) is 5.91 Å². The lowest BCUT2D eigenvalue weighted by Gasteiger charge is -2.20. The molecular formula is C19H21N3O3. The van der Waals surface area contributed by atoms with Crippen molar-refractivity contribution in [3.05, 3.63) is 59.8 Å². The molecule has 2 aromatic carbocycles. The number of methoxy groups -OCH3 is 1. The smallest absolute Gasteiger partial charge is 0.226 e. The summed E-state index contributed by atoms with van der Waals surface area (Å²) in [4.78, 5) is 12.3. The Labute approximate surface area is 145 Å². The number of aliphatic hydroxyl groups excluding tert-OH is 1. The van der Waals surface area contributed by atoms with E-state index in [1.165, 1.54) is 0 Å². The third-order valence-electron chi connectivity index (χ3n) is 4.20. The lowest BCUT2D eigenvalue weighted by atomic mass is 10.0. The summed E-state index contributed by atoms with van der Waals surface area (Å²) in [6.07, 6.45) is -0.617. The zero-order valence-electron chi connectivity index (χ0n) is 14.2. The molecule has 1 heterocycles. The first-order valence-electron chi connectivity index (χ1n) is 8.12. The van der Waals surface area contributed by atoms with Crippen LogP contribution in [0.1, 0.15) is 24.3 Å². The van der Waals surface area contributed by atoms with Crippen LogP contribution in [0.4, 0.5) is 0 Å². The molecule has 6 nitrogen and oxygen atoms in total. The number of amides is 1. The average Bonchev–Trinajstić information content (AvgIpc) is 3.04. The fourth-order valence-corrected chi connectivity index (χ4v) is 2.78. The maximum absolute atomic E-state index is 12.3. The first-order valence-corrected chi connectivity index (χ1v) is 8.12. The quantitative estimate of drug-likeness (QED) is 0.643. The number of nitrogens with one attached hydrogen (secondary N) is 2. The minimum absolute atomic E-state index is 0.172. The van der Waals surface area contributed by atoms with E-state index >= 15 is 0 Å². The van der Waals surface area contributed by atoms with E-state index < -0.39 is 12.1 Å². The van der Waals surface area contributed by atoms with Gasteiger partial charge in [-0.05, 0) is 30.7 Å². The van der Waals surface area contributed by atoms with Gasteiger partial charge in [-0.2, -0.15) is 5.10 Å². The second kappa shape index (κ2) is 7.36. The van der Waals surface area contributed by atoms with Gasteiger partial charge in [0.05, 0.1) is 36.9 Å². The topological polar surface area (TPSA) is 87.2 Å². The summed E-state index contributed by atoms with van der Waals surface area (Å²) in [5, 5.41) is 21.3. The van der Waals surface area contributed by atoms with Crippen molar-refractivity contribution in [2.24, 2.45) is 0 Å². The third kappa shape index (κ3) is 3.80. The normalized spacial score (nSPS) is 13.4. The van der Waals surface area contributed by atoms with Crippen LogP contribution < -0.4 is 10.1 Å². The van der Waals surface area contributed by atoms with Crippen LogP contribution in [-0.4, -0.2) is 34.4 Å². The molecule has 2 atom stereocenters. The van der Waals surface area contributed by atoms with Gasteiger partial charge in [-0.15, -0.1) is 0 Å². The van der Waals surface area contributed by atoms with E-state index in [0.29, 0.717) is 0 Å². The van der Waals surface area contributed by atoms with E-state index in [4.69, 9.17) is 4.74 Å². The highest BCUT2D eigenvalue weighted by Gasteiger charge is 2.19.